The molecule has 0 bridgehead atoms. The van der Waals surface area contributed by atoms with Crippen LogP contribution >= 0.6 is 56.9 Å². The maximum Gasteiger partial charge on any atom is 0.293 e. The number of hydrogen-bond acceptors (Lipinski definition) is 5. The topological polar surface area (TPSA) is 70.4 Å². The van der Waals surface area contributed by atoms with Crippen LogP contribution in [-0.4, -0.2) is 16.0 Å². The van der Waals surface area contributed by atoms with Gasteiger partial charge in [0.1, 0.15) is 12.4 Å². The first-order chi connectivity index (χ1) is 16.4. The third kappa shape index (κ3) is 5.64. The number of ether oxygens (including phenoxy) is 1. The standard InChI is InChI=1S/C26H18I2N2O3S/c1-16-5-4-6-17(9-16)15-33-24-21(27)10-18(11-22(24)28)12-23-25(31)30(26(32)34-23)14-20-8-3-2-7-19(20)13-29/h2-12H,14-15H2,1H3/b23-12+. The molecule has 0 saturated carbocycles. The Balaban J connectivity index is 1.52. The van der Waals surface area contributed by atoms with Crippen molar-refractivity contribution in [1.82, 2.24) is 4.90 Å². The molecule has 2 amide bonds. The van der Waals surface area contributed by atoms with Crippen molar-refractivity contribution in [2.75, 3.05) is 0 Å². The third-order valence-corrected chi connectivity index (χ3v) is 7.63. The zero-order valence-corrected chi connectivity index (χ0v) is 23.2. The van der Waals surface area contributed by atoms with Gasteiger partial charge in [-0.2, -0.15) is 5.26 Å². The van der Waals surface area contributed by atoms with E-state index >= 15 is 0 Å². The van der Waals surface area contributed by atoms with Crippen LogP contribution in [0.15, 0.2) is 65.6 Å². The number of rotatable bonds is 6. The number of nitriles is 1. The highest BCUT2D eigenvalue weighted by molar-refractivity contribution is 14.1. The summed E-state index contributed by atoms with van der Waals surface area (Å²) >= 11 is 5.36. The van der Waals surface area contributed by atoms with E-state index in [2.05, 4.69) is 70.3 Å². The van der Waals surface area contributed by atoms with Gasteiger partial charge in [0.05, 0.1) is 30.2 Å². The van der Waals surface area contributed by atoms with Gasteiger partial charge in [0.15, 0.2) is 0 Å². The number of imide groups is 1. The lowest BCUT2D eigenvalue weighted by Crippen LogP contribution is -2.27. The average Bonchev–Trinajstić information content (AvgIpc) is 3.06. The van der Waals surface area contributed by atoms with E-state index in [-0.39, 0.29) is 17.7 Å². The van der Waals surface area contributed by atoms with Gasteiger partial charge in [-0.3, -0.25) is 14.5 Å². The van der Waals surface area contributed by atoms with Gasteiger partial charge < -0.3 is 4.74 Å². The Morgan fingerprint density at radius 2 is 1.79 bits per heavy atom. The summed E-state index contributed by atoms with van der Waals surface area (Å²) in [5.74, 6) is 0.439. The fraction of sp³-hybridized carbons (Fsp3) is 0.115. The molecule has 8 heteroatoms. The summed E-state index contributed by atoms with van der Waals surface area (Å²) in [5.41, 5.74) is 4.21. The molecule has 170 valence electrons. The van der Waals surface area contributed by atoms with Crippen LogP contribution in [0, 0.1) is 25.4 Å². The van der Waals surface area contributed by atoms with Crippen LogP contribution in [0.25, 0.3) is 6.08 Å². The first-order valence-corrected chi connectivity index (χ1v) is 13.2. The van der Waals surface area contributed by atoms with E-state index in [1.165, 1.54) is 10.5 Å². The van der Waals surface area contributed by atoms with Crippen LogP contribution in [-0.2, 0) is 17.9 Å². The van der Waals surface area contributed by atoms with E-state index in [0.717, 1.165) is 35.8 Å². The molecule has 1 saturated heterocycles. The van der Waals surface area contributed by atoms with E-state index in [1.807, 2.05) is 24.3 Å². The van der Waals surface area contributed by atoms with Gasteiger partial charge in [0, 0.05) is 0 Å². The van der Waals surface area contributed by atoms with Gasteiger partial charge in [0.25, 0.3) is 11.1 Å². The summed E-state index contributed by atoms with van der Waals surface area (Å²) in [6, 6.07) is 21.2. The quantitative estimate of drug-likeness (QED) is 0.208. The molecule has 0 radical (unpaired) electrons. The van der Waals surface area contributed by atoms with Gasteiger partial charge in [0.2, 0.25) is 0 Å². The van der Waals surface area contributed by atoms with Crippen LogP contribution < -0.4 is 4.74 Å². The van der Waals surface area contributed by atoms with Crippen molar-refractivity contribution in [2.24, 2.45) is 0 Å². The van der Waals surface area contributed by atoms with Crippen LogP contribution in [0.5, 0.6) is 5.75 Å². The second-order valence-electron chi connectivity index (χ2n) is 7.63. The molecule has 1 aliphatic heterocycles. The van der Waals surface area contributed by atoms with Crippen molar-refractivity contribution in [3.8, 4) is 11.8 Å². The minimum Gasteiger partial charge on any atom is -0.487 e. The average molecular weight is 692 g/mol. The number of thioether (sulfide) groups is 1. The molecule has 1 fully saturated rings. The molecule has 0 aliphatic carbocycles. The molecule has 34 heavy (non-hydrogen) atoms. The summed E-state index contributed by atoms with van der Waals surface area (Å²) in [5, 5.41) is 8.95. The van der Waals surface area contributed by atoms with Crippen molar-refractivity contribution in [3.63, 3.8) is 0 Å². The molecular weight excluding hydrogens is 674 g/mol. The molecule has 0 N–H and O–H groups in total. The number of benzene rings is 3. The molecule has 3 aromatic rings. The number of carbonyl (C=O) groups excluding carboxylic acids is 2. The van der Waals surface area contributed by atoms with E-state index in [0.29, 0.717) is 22.6 Å². The van der Waals surface area contributed by atoms with Crippen LogP contribution in [0.4, 0.5) is 4.79 Å². The second-order valence-corrected chi connectivity index (χ2v) is 10.9. The Labute approximate surface area is 229 Å². The Morgan fingerprint density at radius 1 is 1.06 bits per heavy atom. The fourth-order valence-electron chi connectivity index (χ4n) is 3.48. The maximum atomic E-state index is 13.0. The zero-order chi connectivity index (χ0) is 24.2. The Bertz CT molecular complexity index is 1340. The largest absolute Gasteiger partial charge is 0.487 e. The first kappa shape index (κ1) is 24.8. The molecule has 0 spiro atoms. The minimum absolute atomic E-state index is 0.0759. The van der Waals surface area contributed by atoms with Crippen LogP contribution in [0.1, 0.15) is 27.8 Å². The molecule has 0 unspecified atom stereocenters. The molecule has 5 nitrogen and oxygen atoms in total. The molecule has 4 rings (SSSR count). The molecule has 3 aromatic carbocycles. The van der Waals surface area contributed by atoms with Crippen LogP contribution in [0.2, 0.25) is 0 Å². The fourth-order valence-corrected chi connectivity index (χ4v) is 6.45. The van der Waals surface area contributed by atoms with Crippen LogP contribution in [0.3, 0.4) is 0 Å². The molecule has 1 aliphatic rings. The van der Waals surface area contributed by atoms with Crippen molar-refractivity contribution < 1.29 is 14.3 Å². The van der Waals surface area contributed by atoms with Crippen molar-refractivity contribution in [3.05, 3.63) is 101 Å². The van der Waals surface area contributed by atoms with Gasteiger partial charge in [-0.05, 0) is 105 Å². The van der Waals surface area contributed by atoms with E-state index < -0.39 is 0 Å². The molecule has 0 atom stereocenters. The van der Waals surface area contributed by atoms with Crippen molar-refractivity contribution >= 4 is 74.2 Å². The normalized spacial score (nSPS) is 14.5. The number of nitrogens with zero attached hydrogens (tertiary/aromatic N) is 2. The zero-order valence-electron chi connectivity index (χ0n) is 18.0. The third-order valence-electron chi connectivity index (χ3n) is 5.12. The van der Waals surface area contributed by atoms with Crippen molar-refractivity contribution in [2.45, 2.75) is 20.1 Å². The summed E-state index contributed by atoms with van der Waals surface area (Å²) < 4.78 is 7.92. The highest BCUT2D eigenvalue weighted by Gasteiger charge is 2.35. The molecular formula is C26H18I2N2O3S. The van der Waals surface area contributed by atoms with E-state index in [9.17, 15) is 14.9 Å². The summed E-state index contributed by atoms with van der Waals surface area (Å²) in [6.45, 7) is 2.60. The Morgan fingerprint density at radius 3 is 2.50 bits per heavy atom. The summed E-state index contributed by atoms with van der Waals surface area (Å²) in [6.07, 6.45) is 1.73. The number of hydrogen-bond donors (Lipinski definition) is 0. The lowest BCUT2D eigenvalue weighted by Gasteiger charge is -2.13. The highest BCUT2D eigenvalue weighted by atomic mass is 127. The van der Waals surface area contributed by atoms with E-state index in [1.54, 1.807) is 30.3 Å². The highest BCUT2D eigenvalue weighted by Crippen LogP contribution is 2.36. The maximum absolute atomic E-state index is 13.0. The first-order valence-electron chi connectivity index (χ1n) is 10.3. The number of amides is 2. The van der Waals surface area contributed by atoms with Gasteiger partial charge >= 0.3 is 0 Å². The number of carbonyl (C=O) groups is 2. The van der Waals surface area contributed by atoms with E-state index in [4.69, 9.17) is 4.74 Å². The van der Waals surface area contributed by atoms with Gasteiger partial charge in [-0.1, -0.05) is 48.0 Å². The molecule has 1 heterocycles. The van der Waals surface area contributed by atoms with Gasteiger partial charge in [-0.25, -0.2) is 0 Å². The second kappa shape index (κ2) is 10.9. The number of halogens is 2. The Kier molecular flexibility index (Phi) is 7.95. The minimum atomic E-state index is -0.354. The lowest BCUT2D eigenvalue weighted by atomic mass is 10.1. The smallest absolute Gasteiger partial charge is 0.293 e. The number of aryl methyl sites for hydroxylation is 1. The van der Waals surface area contributed by atoms with Crippen molar-refractivity contribution in [1.29, 1.82) is 5.26 Å². The van der Waals surface area contributed by atoms with Gasteiger partial charge in [-0.15, -0.1) is 0 Å². The SMILES string of the molecule is Cc1cccc(COc2c(I)cc(/C=C3/SC(=O)N(Cc4ccccc4C#N)C3=O)cc2I)c1. The summed E-state index contributed by atoms with van der Waals surface area (Å²) in [7, 11) is 0. The predicted molar refractivity (Wildman–Crippen MR) is 150 cm³/mol. The predicted octanol–water partition coefficient (Wildman–Crippen LogP) is 6.89. The lowest BCUT2D eigenvalue weighted by molar-refractivity contribution is -0.123. The Hall–Kier alpha value is -2.36. The monoisotopic (exact) mass is 692 g/mol. The molecule has 0 aromatic heterocycles. The summed E-state index contributed by atoms with van der Waals surface area (Å²) in [4.78, 5) is 27.0.